The van der Waals surface area contributed by atoms with Crippen molar-refractivity contribution < 1.29 is 4.58 Å². The van der Waals surface area contributed by atoms with Crippen molar-refractivity contribution in [1.82, 2.24) is 0 Å². The van der Waals surface area contributed by atoms with Crippen LogP contribution in [0.15, 0.2) is 94.7 Å². The van der Waals surface area contributed by atoms with E-state index >= 15 is 0 Å². The first-order valence-corrected chi connectivity index (χ1v) is 16.6. The number of nitrogens with zero attached hydrogens (tertiary/aromatic N) is 2. The molecule has 222 valence electrons. The van der Waals surface area contributed by atoms with Crippen LogP contribution in [-0.4, -0.2) is 23.4 Å². The lowest BCUT2D eigenvalue weighted by molar-refractivity contribution is -0.438. The van der Waals surface area contributed by atoms with Crippen LogP contribution in [0.25, 0.3) is 0 Å². The summed E-state index contributed by atoms with van der Waals surface area (Å²) in [6, 6.07) is 17.8. The van der Waals surface area contributed by atoms with Crippen LogP contribution in [0.1, 0.15) is 98.1 Å². The zero-order chi connectivity index (χ0) is 30.1. The van der Waals surface area contributed by atoms with E-state index in [2.05, 4.69) is 131 Å². The van der Waals surface area contributed by atoms with Gasteiger partial charge in [-0.15, -0.1) is 0 Å². The highest BCUT2D eigenvalue weighted by Gasteiger charge is 2.44. The number of rotatable bonds is 9. The van der Waals surface area contributed by atoms with E-state index in [1.54, 1.807) is 0 Å². The number of hydrogen-bond acceptors (Lipinski definition) is 1. The summed E-state index contributed by atoms with van der Waals surface area (Å²) < 4.78 is 2.54. The van der Waals surface area contributed by atoms with Gasteiger partial charge in [0.15, 0.2) is 5.71 Å². The summed E-state index contributed by atoms with van der Waals surface area (Å²) in [4.78, 5) is 2.54. The van der Waals surface area contributed by atoms with Gasteiger partial charge in [-0.2, -0.15) is 4.58 Å². The molecule has 0 N–H and O–H groups in total. The Labute approximate surface area is 260 Å². The largest absolute Gasteiger partial charge is 0.344 e. The first-order valence-electron chi connectivity index (χ1n) is 16.2. The van der Waals surface area contributed by atoms with E-state index in [-0.39, 0.29) is 10.8 Å². The van der Waals surface area contributed by atoms with Crippen molar-refractivity contribution in [3.63, 3.8) is 0 Å². The zero-order valence-corrected chi connectivity index (χ0v) is 27.7. The van der Waals surface area contributed by atoms with Crippen molar-refractivity contribution in [2.75, 3.05) is 18.0 Å². The lowest BCUT2D eigenvalue weighted by atomic mass is 9.80. The molecule has 2 aliphatic heterocycles. The number of allylic oxidation sites excluding steroid dienone is 8. The van der Waals surface area contributed by atoms with Crippen LogP contribution in [0.4, 0.5) is 11.4 Å². The molecule has 2 aromatic rings. The van der Waals surface area contributed by atoms with Crippen LogP contribution in [0.3, 0.4) is 0 Å². The van der Waals surface area contributed by atoms with Gasteiger partial charge in [0.25, 0.3) is 0 Å². The van der Waals surface area contributed by atoms with E-state index in [1.807, 2.05) is 0 Å². The van der Waals surface area contributed by atoms with E-state index < -0.39 is 0 Å². The van der Waals surface area contributed by atoms with Crippen LogP contribution in [0, 0.1) is 5.92 Å². The lowest BCUT2D eigenvalue weighted by Gasteiger charge is -2.27. The van der Waals surface area contributed by atoms with Crippen LogP contribution < -0.4 is 4.90 Å². The van der Waals surface area contributed by atoms with Gasteiger partial charge in [0, 0.05) is 52.5 Å². The van der Waals surface area contributed by atoms with Gasteiger partial charge in [-0.25, -0.2) is 0 Å². The van der Waals surface area contributed by atoms with Gasteiger partial charge in [0.2, 0.25) is 5.69 Å². The first-order chi connectivity index (χ1) is 20.1. The molecule has 42 heavy (non-hydrogen) atoms. The van der Waals surface area contributed by atoms with Gasteiger partial charge in [0.1, 0.15) is 6.54 Å². The third-order valence-electron chi connectivity index (χ3n) is 9.65. The molecule has 1 atom stereocenters. The molecular weight excluding hydrogens is 532 g/mol. The Kier molecular flexibility index (Phi) is 9.05. The Hall–Kier alpha value is -2.84. The molecule has 3 aliphatic rings. The summed E-state index contributed by atoms with van der Waals surface area (Å²) in [7, 11) is 0. The second kappa shape index (κ2) is 12.4. The fourth-order valence-electron chi connectivity index (χ4n) is 7.25. The molecule has 2 heterocycles. The standard InChI is InChI=1S/C39H50ClN2/c1-8-10-24-41-33-18-14-12-16-31(33)38(4,5)35(41)22-20-29-26-28(3)27-30(37(29)40)21-23-36-39(6,7)32-17-13-15-19-34(32)42(36)25-11-9-2/h12-23,28H,8-11,24-27H2,1-7H3/q+1. The van der Waals surface area contributed by atoms with Crippen LogP contribution in [0.5, 0.6) is 0 Å². The van der Waals surface area contributed by atoms with Gasteiger partial charge in [-0.1, -0.05) is 108 Å². The normalized spacial score (nSPS) is 23.0. The maximum Gasteiger partial charge on any atom is 0.209 e. The van der Waals surface area contributed by atoms with Crippen molar-refractivity contribution in [1.29, 1.82) is 0 Å². The highest BCUT2D eigenvalue weighted by molar-refractivity contribution is 6.32. The Bertz CT molecular complexity index is 1480. The minimum atomic E-state index is -0.0394. The van der Waals surface area contributed by atoms with Gasteiger partial charge >= 0.3 is 0 Å². The SMILES string of the molecule is CCCCN1/C(=C/C=C2\CC(C)CC(/C=C/C3=[N+](CCCC)c4ccccc4C3(C)C)=C2Cl)C(C)(C)c2ccccc21. The molecule has 1 aliphatic carbocycles. The molecule has 0 spiro atoms. The first kappa shape index (κ1) is 30.6. The number of benzene rings is 2. The van der Waals surface area contributed by atoms with Crippen LogP contribution in [-0.2, 0) is 10.8 Å². The molecule has 2 nitrogen and oxygen atoms in total. The van der Waals surface area contributed by atoms with E-state index in [9.17, 15) is 0 Å². The molecule has 0 bridgehead atoms. The van der Waals surface area contributed by atoms with E-state index in [4.69, 9.17) is 11.6 Å². The molecule has 0 saturated heterocycles. The lowest BCUT2D eigenvalue weighted by Crippen LogP contribution is -2.28. The van der Waals surface area contributed by atoms with E-state index in [1.165, 1.54) is 70.7 Å². The van der Waals surface area contributed by atoms with Crippen molar-refractivity contribution in [3.05, 3.63) is 106 Å². The Morgan fingerprint density at radius 3 is 2.29 bits per heavy atom. The fourth-order valence-corrected chi connectivity index (χ4v) is 7.53. The number of halogens is 1. The minimum Gasteiger partial charge on any atom is -0.344 e. The van der Waals surface area contributed by atoms with Crippen LogP contribution in [0.2, 0.25) is 0 Å². The monoisotopic (exact) mass is 581 g/mol. The second-order valence-corrected chi connectivity index (χ2v) is 14.0. The van der Waals surface area contributed by atoms with E-state index in [0.29, 0.717) is 5.92 Å². The van der Waals surface area contributed by atoms with Gasteiger partial charge in [-0.3, -0.25) is 0 Å². The molecule has 0 radical (unpaired) electrons. The number of para-hydroxylation sites is 2. The number of anilines is 1. The molecule has 0 saturated carbocycles. The molecule has 3 heteroatoms. The molecule has 2 aromatic carbocycles. The Morgan fingerprint density at radius 2 is 1.55 bits per heavy atom. The van der Waals surface area contributed by atoms with Crippen molar-refractivity contribution in [3.8, 4) is 0 Å². The summed E-state index contributed by atoms with van der Waals surface area (Å²) in [5.74, 6) is 0.553. The van der Waals surface area contributed by atoms with Gasteiger partial charge in [0.05, 0.1) is 5.41 Å². The quantitative estimate of drug-likeness (QED) is 0.267. The van der Waals surface area contributed by atoms with Crippen molar-refractivity contribution in [2.45, 2.75) is 97.8 Å². The molecule has 1 unspecified atom stereocenters. The molecule has 0 amide bonds. The number of unbranched alkanes of at least 4 members (excludes halogenated alkanes) is 2. The molecule has 5 rings (SSSR count). The predicted molar refractivity (Wildman–Crippen MR) is 182 cm³/mol. The summed E-state index contributed by atoms with van der Waals surface area (Å²) in [6.07, 6.45) is 16.1. The average Bonchev–Trinajstić information content (AvgIpc) is 3.32. The van der Waals surface area contributed by atoms with Crippen LogP contribution >= 0.6 is 11.6 Å². The molecular formula is C39H50ClN2+. The summed E-state index contributed by atoms with van der Waals surface area (Å²) in [5, 5.41) is 0.934. The molecule has 0 aromatic heterocycles. The van der Waals surface area contributed by atoms with E-state index in [0.717, 1.165) is 31.0 Å². The maximum atomic E-state index is 7.24. The minimum absolute atomic E-state index is 0.0394. The topological polar surface area (TPSA) is 6.25 Å². The number of fused-ring (bicyclic) bond motifs is 2. The highest BCUT2D eigenvalue weighted by Crippen LogP contribution is 2.48. The Morgan fingerprint density at radius 1 is 0.857 bits per heavy atom. The summed E-state index contributed by atoms with van der Waals surface area (Å²) in [6.45, 7) is 18.4. The highest BCUT2D eigenvalue weighted by atomic mass is 35.5. The third-order valence-corrected chi connectivity index (χ3v) is 10.1. The van der Waals surface area contributed by atoms with Gasteiger partial charge in [-0.05, 0) is 67.9 Å². The van der Waals surface area contributed by atoms with Crippen molar-refractivity contribution >= 4 is 28.7 Å². The summed E-state index contributed by atoms with van der Waals surface area (Å²) >= 11 is 7.24. The predicted octanol–water partition coefficient (Wildman–Crippen LogP) is 10.8. The Balaban J connectivity index is 1.51. The number of hydrogen-bond donors (Lipinski definition) is 0. The average molecular weight is 582 g/mol. The fraction of sp³-hybridized carbons (Fsp3) is 0.462. The molecule has 0 fully saturated rings. The third kappa shape index (κ3) is 5.60. The second-order valence-electron chi connectivity index (χ2n) is 13.6. The summed E-state index contributed by atoms with van der Waals surface area (Å²) in [5.41, 5.74) is 10.7. The van der Waals surface area contributed by atoms with Crippen molar-refractivity contribution in [2.24, 2.45) is 5.92 Å². The zero-order valence-electron chi connectivity index (χ0n) is 26.9. The maximum absolute atomic E-state index is 7.24. The smallest absolute Gasteiger partial charge is 0.209 e. The van der Waals surface area contributed by atoms with Gasteiger partial charge < -0.3 is 4.90 Å².